The monoisotopic (exact) mass is 486 g/mol. The van der Waals surface area contributed by atoms with E-state index in [1.165, 1.54) is 12.3 Å². The Labute approximate surface area is 202 Å². The molecule has 0 aromatic carbocycles. The topological polar surface area (TPSA) is 139 Å². The van der Waals surface area contributed by atoms with E-state index in [2.05, 4.69) is 32.2 Å². The standard InChI is InChI=1S/C24H29F3N8/c1-4-6-17(7-9-31-10-8-28)15(3)34-23(30)35-21(16(5-2)12-29)20-14-33-22-19(20)11-18(13-32-22)24(25,26)27/h5,11,13-15,17,31H,4,6-7,9-10H2,1-3H3,(H2,30,34)(H,32,33)/b16-5-,35-21?. The van der Waals surface area contributed by atoms with E-state index in [-0.39, 0.29) is 52.3 Å². The number of fused-ring (bicyclic) bond motifs is 1. The molecule has 2 aromatic rings. The molecule has 0 bridgehead atoms. The maximum atomic E-state index is 13.3. The summed E-state index contributed by atoms with van der Waals surface area (Å²) in [5, 5.41) is 21.5. The number of aromatic amines is 1. The zero-order valence-corrected chi connectivity index (χ0v) is 19.9. The molecule has 0 aliphatic carbocycles. The van der Waals surface area contributed by atoms with Crippen molar-refractivity contribution in [2.75, 3.05) is 13.1 Å². The Balaban J connectivity index is 2.47. The van der Waals surface area contributed by atoms with Crippen molar-refractivity contribution in [3.05, 3.63) is 41.2 Å². The maximum absolute atomic E-state index is 13.3. The predicted molar refractivity (Wildman–Crippen MR) is 130 cm³/mol. The number of hydrogen-bond acceptors (Lipinski definition) is 5. The van der Waals surface area contributed by atoms with Crippen LogP contribution in [0.25, 0.3) is 11.0 Å². The Kier molecular flexibility index (Phi) is 9.98. The highest BCUT2D eigenvalue weighted by Gasteiger charge is 2.32. The number of H-pyrrole nitrogens is 1. The van der Waals surface area contributed by atoms with Crippen LogP contribution in [0.2, 0.25) is 0 Å². The molecule has 2 rings (SSSR count). The second-order valence-electron chi connectivity index (χ2n) is 8.00. The molecule has 0 aliphatic rings. The first-order chi connectivity index (χ1) is 16.7. The minimum Gasteiger partial charge on any atom is -0.368 e. The summed E-state index contributed by atoms with van der Waals surface area (Å²) >= 11 is 0. The lowest BCUT2D eigenvalue weighted by molar-refractivity contribution is -0.137. The number of aliphatic imine (C=N–C) groups is 2. The molecule has 0 saturated carbocycles. The van der Waals surface area contributed by atoms with Crippen LogP contribution in [-0.2, 0) is 6.18 Å². The summed E-state index contributed by atoms with van der Waals surface area (Å²) in [5.74, 6) is 0.106. The SMILES string of the molecule is C/C=C(/C#N)C(=NC(N)=NC(C)C(CCC)CCNCC#N)c1c[nH]c2ncc(C(F)(F)F)cc12. The van der Waals surface area contributed by atoms with Crippen molar-refractivity contribution in [2.24, 2.45) is 21.6 Å². The molecule has 0 radical (unpaired) electrons. The quantitative estimate of drug-likeness (QED) is 0.150. The van der Waals surface area contributed by atoms with Crippen LogP contribution in [0.4, 0.5) is 13.2 Å². The van der Waals surface area contributed by atoms with Crippen LogP contribution in [0.1, 0.15) is 51.2 Å². The van der Waals surface area contributed by atoms with E-state index < -0.39 is 11.7 Å². The highest BCUT2D eigenvalue weighted by Crippen LogP contribution is 2.32. The van der Waals surface area contributed by atoms with Gasteiger partial charge in [-0.15, -0.1) is 0 Å². The zero-order chi connectivity index (χ0) is 26.0. The van der Waals surface area contributed by atoms with Crippen LogP contribution < -0.4 is 11.1 Å². The van der Waals surface area contributed by atoms with Crippen LogP contribution in [0, 0.1) is 28.6 Å². The van der Waals surface area contributed by atoms with Crippen molar-refractivity contribution in [2.45, 2.75) is 52.3 Å². The summed E-state index contributed by atoms with van der Waals surface area (Å²) in [6.45, 7) is 6.54. The molecule has 35 heavy (non-hydrogen) atoms. The van der Waals surface area contributed by atoms with Crippen LogP contribution in [0.5, 0.6) is 0 Å². The second-order valence-corrected chi connectivity index (χ2v) is 8.00. The van der Waals surface area contributed by atoms with Crippen molar-refractivity contribution in [1.82, 2.24) is 15.3 Å². The number of pyridine rings is 1. The van der Waals surface area contributed by atoms with E-state index in [0.29, 0.717) is 6.54 Å². The molecule has 186 valence electrons. The molecule has 0 aliphatic heterocycles. The third kappa shape index (κ3) is 7.39. The largest absolute Gasteiger partial charge is 0.417 e. The fourth-order valence-electron chi connectivity index (χ4n) is 3.76. The molecule has 11 heteroatoms. The Morgan fingerprint density at radius 1 is 1.34 bits per heavy atom. The summed E-state index contributed by atoms with van der Waals surface area (Å²) in [5.41, 5.74) is 5.98. The summed E-state index contributed by atoms with van der Waals surface area (Å²) in [7, 11) is 0. The van der Waals surface area contributed by atoms with Crippen LogP contribution >= 0.6 is 0 Å². The van der Waals surface area contributed by atoms with Crippen LogP contribution in [-0.4, -0.2) is 40.8 Å². The average Bonchev–Trinajstić information content (AvgIpc) is 3.23. The zero-order valence-electron chi connectivity index (χ0n) is 19.9. The van der Waals surface area contributed by atoms with Gasteiger partial charge in [-0.1, -0.05) is 19.4 Å². The second kappa shape index (κ2) is 12.7. The lowest BCUT2D eigenvalue weighted by atomic mass is 9.93. The van der Waals surface area contributed by atoms with Crippen LogP contribution in [0.3, 0.4) is 0 Å². The van der Waals surface area contributed by atoms with Crippen molar-refractivity contribution in [1.29, 1.82) is 10.5 Å². The van der Waals surface area contributed by atoms with Gasteiger partial charge in [0.05, 0.1) is 35.5 Å². The first-order valence-electron chi connectivity index (χ1n) is 11.3. The predicted octanol–water partition coefficient (Wildman–Crippen LogP) is 4.46. The number of nitrogens with two attached hydrogens (primary N) is 1. The number of alkyl halides is 3. The number of halogens is 3. The molecule has 0 saturated heterocycles. The third-order valence-corrected chi connectivity index (χ3v) is 5.58. The first-order valence-corrected chi connectivity index (χ1v) is 11.3. The lowest BCUT2D eigenvalue weighted by Gasteiger charge is -2.20. The summed E-state index contributed by atoms with van der Waals surface area (Å²) in [6.07, 6.45) is 1.77. The van der Waals surface area contributed by atoms with Gasteiger partial charge >= 0.3 is 6.18 Å². The Morgan fingerprint density at radius 2 is 2.09 bits per heavy atom. The Bertz CT molecular complexity index is 1180. The number of aromatic nitrogens is 2. The Hall–Kier alpha value is -3.70. The molecule has 2 aromatic heterocycles. The maximum Gasteiger partial charge on any atom is 0.417 e. The fourth-order valence-corrected chi connectivity index (χ4v) is 3.76. The van der Waals surface area contributed by atoms with E-state index in [1.807, 2.05) is 19.1 Å². The number of nitrogens with zero attached hydrogens (tertiary/aromatic N) is 5. The Morgan fingerprint density at radius 3 is 2.69 bits per heavy atom. The molecule has 2 heterocycles. The molecular weight excluding hydrogens is 457 g/mol. The lowest BCUT2D eigenvalue weighted by Crippen LogP contribution is -2.25. The average molecular weight is 487 g/mol. The van der Waals surface area contributed by atoms with Gasteiger partial charge in [-0.2, -0.15) is 23.7 Å². The van der Waals surface area contributed by atoms with E-state index in [4.69, 9.17) is 11.0 Å². The van der Waals surface area contributed by atoms with Gasteiger partial charge in [-0.25, -0.2) is 15.0 Å². The van der Waals surface area contributed by atoms with Crippen molar-refractivity contribution in [3.63, 3.8) is 0 Å². The van der Waals surface area contributed by atoms with Crippen molar-refractivity contribution in [3.8, 4) is 12.1 Å². The van der Waals surface area contributed by atoms with E-state index >= 15 is 0 Å². The molecule has 4 N–H and O–H groups in total. The van der Waals surface area contributed by atoms with Gasteiger partial charge in [-0.05, 0) is 45.2 Å². The molecule has 8 nitrogen and oxygen atoms in total. The minimum atomic E-state index is -4.57. The molecule has 0 spiro atoms. The fraction of sp³-hybridized carbons (Fsp3) is 0.458. The highest BCUT2D eigenvalue weighted by molar-refractivity contribution is 6.23. The van der Waals surface area contributed by atoms with E-state index in [1.54, 1.807) is 6.92 Å². The van der Waals surface area contributed by atoms with Crippen LogP contribution in [0.15, 0.2) is 40.1 Å². The minimum absolute atomic E-state index is 0.0810. The third-order valence-electron chi connectivity index (χ3n) is 5.58. The van der Waals surface area contributed by atoms with Gasteiger partial charge in [0.25, 0.3) is 0 Å². The normalized spacial score (nSPS) is 15.0. The molecule has 2 atom stereocenters. The van der Waals surface area contributed by atoms with Gasteiger partial charge in [-0.3, -0.25) is 0 Å². The number of guanidine groups is 1. The highest BCUT2D eigenvalue weighted by atomic mass is 19.4. The van der Waals surface area contributed by atoms with Gasteiger partial charge < -0.3 is 16.0 Å². The van der Waals surface area contributed by atoms with Gasteiger partial charge in [0.2, 0.25) is 5.96 Å². The molecule has 2 unspecified atom stereocenters. The number of allylic oxidation sites excluding steroid dienone is 2. The molecule has 0 fully saturated rings. The van der Waals surface area contributed by atoms with Crippen molar-refractivity contribution < 1.29 is 13.2 Å². The summed E-state index contributed by atoms with van der Waals surface area (Å²) in [4.78, 5) is 15.5. The summed E-state index contributed by atoms with van der Waals surface area (Å²) < 4.78 is 39.8. The number of hydrogen-bond donors (Lipinski definition) is 3. The van der Waals surface area contributed by atoms with Crippen molar-refractivity contribution >= 4 is 22.7 Å². The number of nitriles is 2. The smallest absolute Gasteiger partial charge is 0.368 e. The number of rotatable bonds is 10. The van der Waals surface area contributed by atoms with Gasteiger partial charge in [0.15, 0.2) is 0 Å². The summed E-state index contributed by atoms with van der Waals surface area (Å²) in [6, 6.07) is 4.83. The van der Waals surface area contributed by atoms with Gasteiger partial charge in [0, 0.05) is 23.3 Å². The number of nitrogens with one attached hydrogen (secondary N) is 2. The van der Waals surface area contributed by atoms with E-state index in [0.717, 1.165) is 31.5 Å². The first kappa shape index (κ1) is 27.5. The van der Waals surface area contributed by atoms with Gasteiger partial charge in [0.1, 0.15) is 11.7 Å². The van der Waals surface area contributed by atoms with E-state index in [9.17, 15) is 18.4 Å². The molecule has 0 amide bonds. The molecular formula is C24H29F3N8.